The highest BCUT2D eigenvalue weighted by molar-refractivity contribution is 6.10. The average Bonchev–Trinajstić information content (AvgIpc) is 3.77. The zero-order valence-corrected chi connectivity index (χ0v) is 29.1. The molecule has 5 atom stereocenters. The Morgan fingerprint density at radius 2 is 1.35 bits per heavy atom. The largest absolute Gasteiger partial charge is 0.488 e. The lowest BCUT2D eigenvalue weighted by atomic mass is 9.80. The Hall–Kier alpha value is -5.74. The Kier molecular flexibility index (Phi) is 7.82. The average molecular weight is 677 g/mol. The summed E-state index contributed by atoms with van der Waals surface area (Å²) >= 11 is 0. The number of para-hydroxylation sites is 3. The summed E-state index contributed by atoms with van der Waals surface area (Å²) < 4.78 is 13.4. The van der Waals surface area contributed by atoms with Gasteiger partial charge in [-0.25, -0.2) is 9.98 Å². The molecule has 5 aromatic rings. The first kappa shape index (κ1) is 31.0. The summed E-state index contributed by atoms with van der Waals surface area (Å²) in [5, 5.41) is 2.27. The Morgan fingerprint density at radius 1 is 0.596 bits per heavy atom. The van der Waals surface area contributed by atoms with E-state index in [1.807, 2.05) is 12.1 Å². The number of amidine groups is 1. The van der Waals surface area contributed by atoms with Crippen LogP contribution in [0, 0.1) is 11.8 Å². The summed E-state index contributed by atoms with van der Waals surface area (Å²) in [5.41, 5.74) is 10.0. The second-order valence-electron chi connectivity index (χ2n) is 14.5. The molecule has 5 unspecified atom stereocenters. The third kappa shape index (κ3) is 5.45. The Morgan fingerprint density at radius 3 is 2.23 bits per heavy atom. The normalized spacial score (nSPS) is 25.8. The highest BCUT2D eigenvalue weighted by Crippen LogP contribution is 2.50. The summed E-state index contributed by atoms with van der Waals surface area (Å²) in [5.74, 6) is 2.77. The lowest BCUT2D eigenvalue weighted by Gasteiger charge is -2.28. The quantitative estimate of drug-likeness (QED) is 0.174. The lowest BCUT2D eigenvalue weighted by molar-refractivity contribution is 0.196. The first-order valence-corrected chi connectivity index (χ1v) is 18.8. The Balaban J connectivity index is 0.969. The second-order valence-corrected chi connectivity index (χ2v) is 14.5. The van der Waals surface area contributed by atoms with Crippen molar-refractivity contribution in [2.75, 3.05) is 0 Å². The summed E-state index contributed by atoms with van der Waals surface area (Å²) in [6.45, 7) is 0. The highest BCUT2D eigenvalue weighted by atomic mass is 16.5. The van der Waals surface area contributed by atoms with Crippen molar-refractivity contribution in [3.05, 3.63) is 168 Å². The zero-order valence-electron chi connectivity index (χ0n) is 29.1. The number of aliphatic imine (C=N–C) groups is 2. The van der Waals surface area contributed by atoms with Gasteiger partial charge in [0.1, 0.15) is 28.9 Å². The minimum absolute atomic E-state index is 0.0441. The van der Waals surface area contributed by atoms with Crippen LogP contribution in [0.5, 0.6) is 5.75 Å². The first-order valence-electron chi connectivity index (χ1n) is 18.8. The molecule has 0 fully saturated rings. The van der Waals surface area contributed by atoms with E-state index >= 15 is 0 Å². The fraction of sp³-hybridized carbons (Fsp3) is 0.208. The topological polar surface area (TPSA) is 47.1 Å². The van der Waals surface area contributed by atoms with E-state index < -0.39 is 0 Å². The molecule has 10 rings (SSSR count). The predicted octanol–water partition coefficient (Wildman–Crippen LogP) is 12.1. The monoisotopic (exact) mass is 676 g/mol. The van der Waals surface area contributed by atoms with Crippen molar-refractivity contribution >= 4 is 39.2 Å². The van der Waals surface area contributed by atoms with Crippen LogP contribution >= 0.6 is 0 Å². The standard InChI is InChI=1S/C48H40N2O2/c1-3-14-31(15-4-1)34-18-7-8-19-35(34)43-26-13-25-42(49-48(50-43)32-16-5-2-6-17-32)33-28-29-37-39-22-12-24-41(47(39)52-45(37)30-33)40-23-11-21-38-36-20-9-10-27-44(36)51-46(38)40/h1-12,14,16,18-24,26-29,31-33,37,45H,13,15,17,25,30H2/b43-26-,49-42?,50-48?. The molecule has 1 aromatic heterocycles. The van der Waals surface area contributed by atoms with Gasteiger partial charge >= 0.3 is 0 Å². The van der Waals surface area contributed by atoms with E-state index in [0.717, 1.165) is 82.5 Å². The molecule has 52 heavy (non-hydrogen) atoms. The smallest absolute Gasteiger partial charge is 0.143 e. The molecule has 0 bridgehead atoms. The predicted molar refractivity (Wildman–Crippen MR) is 214 cm³/mol. The number of furan rings is 1. The number of nitrogens with zero attached hydrogens (tertiary/aromatic N) is 2. The molecule has 0 N–H and O–H groups in total. The maximum Gasteiger partial charge on any atom is 0.143 e. The maximum atomic E-state index is 6.96. The van der Waals surface area contributed by atoms with Crippen molar-refractivity contribution in [2.45, 2.75) is 50.0 Å². The number of benzene rings is 4. The van der Waals surface area contributed by atoms with Crippen molar-refractivity contribution in [3.8, 4) is 16.9 Å². The van der Waals surface area contributed by atoms with Crippen LogP contribution in [-0.4, -0.2) is 17.7 Å². The van der Waals surface area contributed by atoms with Crippen LogP contribution in [0.2, 0.25) is 0 Å². The molecule has 0 saturated carbocycles. The van der Waals surface area contributed by atoms with E-state index in [0.29, 0.717) is 5.92 Å². The van der Waals surface area contributed by atoms with Crippen molar-refractivity contribution in [1.29, 1.82) is 0 Å². The molecule has 5 aliphatic rings. The fourth-order valence-corrected chi connectivity index (χ4v) is 8.79. The number of hydrogen-bond donors (Lipinski definition) is 0. The van der Waals surface area contributed by atoms with Gasteiger partial charge in [0, 0.05) is 62.4 Å². The fourth-order valence-electron chi connectivity index (χ4n) is 8.79. The minimum Gasteiger partial charge on any atom is -0.488 e. The van der Waals surface area contributed by atoms with E-state index in [9.17, 15) is 0 Å². The molecular weight excluding hydrogens is 637 g/mol. The Labute approximate surface area is 304 Å². The van der Waals surface area contributed by atoms with Crippen LogP contribution < -0.4 is 4.74 Å². The van der Waals surface area contributed by atoms with Gasteiger partial charge in [0.25, 0.3) is 0 Å². The highest BCUT2D eigenvalue weighted by Gasteiger charge is 2.39. The molecule has 0 radical (unpaired) electrons. The molecular formula is C48H40N2O2. The molecule has 0 amide bonds. The number of ether oxygens (including phenoxy) is 1. The van der Waals surface area contributed by atoms with E-state index in [-0.39, 0.29) is 23.9 Å². The van der Waals surface area contributed by atoms with Crippen molar-refractivity contribution in [3.63, 3.8) is 0 Å². The first-order chi connectivity index (χ1) is 25.8. The van der Waals surface area contributed by atoms with Gasteiger partial charge in [0.05, 0.1) is 5.70 Å². The van der Waals surface area contributed by atoms with Crippen molar-refractivity contribution in [2.24, 2.45) is 21.8 Å². The summed E-state index contributed by atoms with van der Waals surface area (Å²) in [6, 6.07) is 30.1. The van der Waals surface area contributed by atoms with Gasteiger partial charge in [-0.2, -0.15) is 0 Å². The molecule has 3 aliphatic carbocycles. The lowest BCUT2D eigenvalue weighted by Crippen LogP contribution is -2.29. The van der Waals surface area contributed by atoms with Crippen LogP contribution in [0.25, 0.3) is 38.8 Å². The molecule has 0 spiro atoms. The number of rotatable bonds is 5. The van der Waals surface area contributed by atoms with Crippen LogP contribution in [0.3, 0.4) is 0 Å². The van der Waals surface area contributed by atoms with Crippen LogP contribution in [0.4, 0.5) is 0 Å². The van der Waals surface area contributed by atoms with Gasteiger partial charge < -0.3 is 9.15 Å². The van der Waals surface area contributed by atoms with Gasteiger partial charge in [-0.15, -0.1) is 0 Å². The molecule has 4 aromatic carbocycles. The Bertz CT molecular complexity index is 2460. The number of hydrogen-bond acceptors (Lipinski definition) is 4. The van der Waals surface area contributed by atoms with Gasteiger partial charge in [-0.1, -0.05) is 146 Å². The SMILES string of the molecule is C1=CCC(C2=N/C(c3ccccc3C3C=CC=CC3)=C\CCC(C3C=CC4c5cccc(-c6cccc7c6oc6ccccc67)c5OC4C3)=N2)C=C1. The molecule has 4 heteroatoms. The third-order valence-electron chi connectivity index (χ3n) is 11.4. The van der Waals surface area contributed by atoms with E-state index in [4.69, 9.17) is 19.1 Å². The maximum absolute atomic E-state index is 6.96. The van der Waals surface area contributed by atoms with Gasteiger partial charge in [0.2, 0.25) is 0 Å². The molecule has 0 saturated heterocycles. The van der Waals surface area contributed by atoms with Crippen molar-refractivity contribution in [1.82, 2.24) is 0 Å². The summed E-state index contributed by atoms with van der Waals surface area (Å²) in [4.78, 5) is 10.9. The van der Waals surface area contributed by atoms with Gasteiger partial charge in [-0.3, -0.25) is 0 Å². The van der Waals surface area contributed by atoms with E-state index in [1.54, 1.807) is 0 Å². The number of fused-ring (bicyclic) bond motifs is 6. The summed E-state index contributed by atoms with van der Waals surface area (Å²) in [6.07, 6.45) is 29.4. The van der Waals surface area contributed by atoms with Crippen molar-refractivity contribution < 1.29 is 9.15 Å². The van der Waals surface area contributed by atoms with Crippen LogP contribution in [0.1, 0.15) is 60.6 Å². The molecule has 2 aliphatic heterocycles. The van der Waals surface area contributed by atoms with E-state index in [2.05, 4.69) is 140 Å². The third-order valence-corrected chi connectivity index (χ3v) is 11.4. The zero-order chi connectivity index (χ0) is 34.4. The van der Waals surface area contributed by atoms with Gasteiger partial charge in [-0.05, 0) is 43.7 Å². The van der Waals surface area contributed by atoms with E-state index in [1.165, 1.54) is 22.4 Å². The second kappa shape index (κ2) is 13.1. The van der Waals surface area contributed by atoms with Gasteiger partial charge in [0.15, 0.2) is 0 Å². The molecule has 3 heterocycles. The minimum atomic E-state index is 0.0441. The molecule has 4 nitrogen and oxygen atoms in total. The summed E-state index contributed by atoms with van der Waals surface area (Å²) in [7, 11) is 0. The number of allylic oxidation sites excluding steroid dienone is 9. The van der Waals surface area contributed by atoms with Crippen LogP contribution in [-0.2, 0) is 0 Å². The molecule has 254 valence electrons. The van der Waals surface area contributed by atoms with Crippen LogP contribution in [0.15, 0.2) is 166 Å².